The molecule has 1 aliphatic heterocycles. The van der Waals surface area contributed by atoms with Crippen molar-refractivity contribution in [2.24, 2.45) is 7.05 Å². The lowest BCUT2D eigenvalue weighted by atomic mass is 10.1. The Morgan fingerprint density at radius 1 is 1.47 bits per heavy atom. The minimum absolute atomic E-state index is 0.0630. The molecular weight excluding hydrogens is 242 g/mol. The van der Waals surface area contributed by atoms with Crippen LogP contribution in [0.1, 0.15) is 15.9 Å². The number of rotatable bonds is 2. The van der Waals surface area contributed by atoms with Gasteiger partial charge < -0.3 is 9.64 Å². The first-order valence-corrected chi connectivity index (χ1v) is 6.17. The van der Waals surface area contributed by atoms with E-state index in [1.807, 2.05) is 18.2 Å². The Morgan fingerprint density at radius 3 is 3.05 bits per heavy atom. The van der Waals surface area contributed by atoms with Crippen LogP contribution >= 0.6 is 0 Å². The standard InChI is InChI=1S/C14H15N3O2/c1-16-9-11(8-15-16)14(18)17(2)12-3-4-13-10(7-12)5-6-19-13/h3-4,7-9H,5-6H2,1-2H3. The molecule has 1 amide bonds. The van der Waals surface area contributed by atoms with Gasteiger partial charge in [0, 0.05) is 32.4 Å². The Hall–Kier alpha value is -2.30. The molecule has 1 aliphatic rings. The number of nitrogens with zero attached hydrogens (tertiary/aromatic N) is 3. The zero-order valence-corrected chi connectivity index (χ0v) is 11.0. The van der Waals surface area contributed by atoms with Crippen LogP contribution in [0.4, 0.5) is 5.69 Å². The summed E-state index contributed by atoms with van der Waals surface area (Å²) in [5.74, 6) is 0.859. The third-order valence-corrected chi connectivity index (χ3v) is 3.32. The number of aromatic nitrogens is 2. The summed E-state index contributed by atoms with van der Waals surface area (Å²) in [4.78, 5) is 13.9. The Labute approximate surface area is 111 Å². The first kappa shape index (κ1) is 11.8. The van der Waals surface area contributed by atoms with Gasteiger partial charge in [-0.15, -0.1) is 0 Å². The highest BCUT2D eigenvalue weighted by Crippen LogP contribution is 2.29. The molecule has 0 aliphatic carbocycles. The van der Waals surface area contributed by atoms with Gasteiger partial charge in [0.05, 0.1) is 18.4 Å². The summed E-state index contributed by atoms with van der Waals surface area (Å²) in [5, 5.41) is 4.02. The second kappa shape index (κ2) is 4.42. The van der Waals surface area contributed by atoms with Crippen LogP contribution in [0, 0.1) is 0 Å². The molecule has 0 atom stereocenters. The summed E-state index contributed by atoms with van der Waals surface area (Å²) in [6.07, 6.45) is 4.20. The minimum Gasteiger partial charge on any atom is -0.493 e. The van der Waals surface area contributed by atoms with E-state index in [1.54, 1.807) is 36.1 Å². The van der Waals surface area contributed by atoms with Gasteiger partial charge in [0.15, 0.2) is 0 Å². The summed E-state index contributed by atoms with van der Waals surface area (Å²) in [6, 6.07) is 5.83. The highest BCUT2D eigenvalue weighted by atomic mass is 16.5. The lowest BCUT2D eigenvalue weighted by molar-refractivity contribution is 0.0993. The molecule has 0 bridgehead atoms. The van der Waals surface area contributed by atoms with Crippen molar-refractivity contribution in [1.29, 1.82) is 0 Å². The van der Waals surface area contributed by atoms with Crippen LogP contribution < -0.4 is 9.64 Å². The van der Waals surface area contributed by atoms with Crippen LogP contribution in [0.25, 0.3) is 0 Å². The lowest BCUT2D eigenvalue weighted by Crippen LogP contribution is -2.25. The molecule has 0 radical (unpaired) electrons. The van der Waals surface area contributed by atoms with Crippen LogP contribution in [0.2, 0.25) is 0 Å². The number of aryl methyl sites for hydroxylation is 1. The highest BCUT2D eigenvalue weighted by molar-refractivity contribution is 6.05. The average molecular weight is 257 g/mol. The Balaban J connectivity index is 1.87. The number of carbonyl (C=O) groups is 1. The number of anilines is 1. The van der Waals surface area contributed by atoms with Gasteiger partial charge in [-0.25, -0.2) is 0 Å². The van der Waals surface area contributed by atoms with Gasteiger partial charge in [-0.1, -0.05) is 0 Å². The summed E-state index contributed by atoms with van der Waals surface area (Å²) in [5.41, 5.74) is 2.61. The number of ether oxygens (including phenoxy) is 1. The van der Waals surface area contributed by atoms with Gasteiger partial charge in [-0.3, -0.25) is 9.48 Å². The van der Waals surface area contributed by atoms with Crippen molar-refractivity contribution in [3.8, 4) is 5.75 Å². The molecule has 2 heterocycles. The van der Waals surface area contributed by atoms with Gasteiger partial charge >= 0.3 is 0 Å². The van der Waals surface area contributed by atoms with E-state index in [-0.39, 0.29) is 5.91 Å². The number of carbonyl (C=O) groups excluding carboxylic acids is 1. The van der Waals surface area contributed by atoms with E-state index < -0.39 is 0 Å². The van der Waals surface area contributed by atoms with E-state index in [2.05, 4.69) is 5.10 Å². The van der Waals surface area contributed by atoms with Gasteiger partial charge in [-0.2, -0.15) is 5.10 Å². The molecule has 98 valence electrons. The maximum absolute atomic E-state index is 12.3. The molecule has 2 aromatic rings. The molecule has 19 heavy (non-hydrogen) atoms. The highest BCUT2D eigenvalue weighted by Gasteiger charge is 2.18. The van der Waals surface area contributed by atoms with Gasteiger partial charge in [0.1, 0.15) is 5.75 Å². The fourth-order valence-corrected chi connectivity index (χ4v) is 2.22. The molecule has 3 rings (SSSR count). The molecule has 0 saturated heterocycles. The number of amides is 1. The maximum Gasteiger partial charge on any atom is 0.261 e. The van der Waals surface area contributed by atoms with Crippen LogP contribution in [0.15, 0.2) is 30.6 Å². The fraction of sp³-hybridized carbons (Fsp3) is 0.286. The van der Waals surface area contributed by atoms with Crippen molar-refractivity contribution in [3.63, 3.8) is 0 Å². The molecule has 0 saturated carbocycles. The fourth-order valence-electron chi connectivity index (χ4n) is 2.22. The SMILES string of the molecule is CN(C(=O)c1cnn(C)c1)c1ccc2c(c1)CCO2. The van der Waals surface area contributed by atoms with Crippen molar-refractivity contribution in [2.45, 2.75) is 6.42 Å². The minimum atomic E-state index is -0.0630. The third-order valence-electron chi connectivity index (χ3n) is 3.32. The van der Waals surface area contributed by atoms with Crippen LogP contribution in [-0.2, 0) is 13.5 Å². The van der Waals surface area contributed by atoms with E-state index in [9.17, 15) is 4.79 Å². The van der Waals surface area contributed by atoms with Crippen LogP contribution in [-0.4, -0.2) is 29.3 Å². The van der Waals surface area contributed by atoms with E-state index in [4.69, 9.17) is 4.74 Å². The van der Waals surface area contributed by atoms with Crippen molar-refractivity contribution in [1.82, 2.24) is 9.78 Å². The first-order valence-electron chi connectivity index (χ1n) is 6.17. The van der Waals surface area contributed by atoms with Gasteiger partial charge in [0.2, 0.25) is 0 Å². The van der Waals surface area contributed by atoms with E-state index in [1.165, 1.54) is 0 Å². The lowest BCUT2D eigenvalue weighted by Gasteiger charge is -2.17. The van der Waals surface area contributed by atoms with E-state index in [0.717, 1.165) is 30.0 Å². The number of benzene rings is 1. The first-order chi connectivity index (χ1) is 9.15. The summed E-state index contributed by atoms with van der Waals surface area (Å²) in [6.45, 7) is 0.721. The van der Waals surface area contributed by atoms with Crippen molar-refractivity contribution in [3.05, 3.63) is 41.7 Å². The zero-order valence-electron chi connectivity index (χ0n) is 11.0. The largest absolute Gasteiger partial charge is 0.493 e. The molecule has 5 nitrogen and oxygen atoms in total. The Bertz CT molecular complexity index is 633. The monoisotopic (exact) mass is 257 g/mol. The van der Waals surface area contributed by atoms with E-state index >= 15 is 0 Å². The summed E-state index contributed by atoms with van der Waals surface area (Å²) < 4.78 is 7.09. The maximum atomic E-state index is 12.3. The van der Waals surface area contributed by atoms with Crippen molar-refractivity contribution >= 4 is 11.6 Å². The van der Waals surface area contributed by atoms with Gasteiger partial charge in [-0.05, 0) is 23.8 Å². The number of hydrogen-bond donors (Lipinski definition) is 0. The zero-order chi connectivity index (χ0) is 13.4. The summed E-state index contributed by atoms with van der Waals surface area (Å²) >= 11 is 0. The normalized spacial score (nSPS) is 12.9. The number of hydrogen-bond acceptors (Lipinski definition) is 3. The molecule has 1 aromatic heterocycles. The second-order valence-corrected chi connectivity index (χ2v) is 4.66. The number of fused-ring (bicyclic) bond motifs is 1. The van der Waals surface area contributed by atoms with Crippen LogP contribution in [0.5, 0.6) is 5.75 Å². The molecule has 0 unspecified atom stereocenters. The molecule has 5 heteroatoms. The van der Waals surface area contributed by atoms with Crippen LogP contribution in [0.3, 0.4) is 0 Å². The molecule has 0 N–H and O–H groups in total. The average Bonchev–Trinajstić information content (AvgIpc) is 3.04. The molecule has 0 fully saturated rings. The molecular formula is C14H15N3O2. The Morgan fingerprint density at radius 2 is 2.32 bits per heavy atom. The second-order valence-electron chi connectivity index (χ2n) is 4.66. The van der Waals surface area contributed by atoms with Gasteiger partial charge in [0.25, 0.3) is 5.91 Å². The predicted molar refractivity (Wildman–Crippen MR) is 71.6 cm³/mol. The smallest absolute Gasteiger partial charge is 0.261 e. The topological polar surface area (TPSA) is 47.4 Å². The predicted octanol–water partition coefficient (Wildman–Crippen LogP) is 1.63. The molecule has 1 aromatic carbocycles. The van der Waals surface area contributed by atoms with E-state index in [0.29, 0.717) is 5.56 Å². The summed E-state index contributed by atoms with van der Waals surface area (Å²) in [7, 11) is 3.57. The Kier molecular flexibility index (Phi) is 2.74. The van der Waals surface area contributed by atoms with Crippen molar-refractivity contribution < 1.29 is 9.53 Å². The third kappa shape index (κ3) is 2.07. The van der Waals surface area contributed by atoms with Crippen molar-refractivity contribution in [2.75, 3.05) is 18.6 Å². The molecule has 0 spiro atoms. The quantitative estimate of drug-likeness (QED) is 0.821.